The largest absolute Gasteiger partial charge is 0.370 e. The van der Waals surface area contributed by atoms with Crippen molar-refractivity contribution in [2.75, 3.05) is 11.9 Å². The lowest BCUT2D eigenvalue weighted by Crippen LogP contribution is -2.28. The number of hydrogen-bond donors (Lipinski definition) is 1. The first kappa shape index (κ1) is 13.9. The van der Waals surface area contributed by atoms with Crippen LogP contribution in [0.15, 0.2) is 22.8 Å². The minimum Gasteiger partial charge on any atom is -0.370 e. The third-order valence-corrected chi connectivity index (χ3v) is 4.35. The van der Waals surface area contributed by atoms with Gasteiger partial charge in [-0.2, -0.15) is 0 Å². The molecular formula is C15H23BrN2. The van der Waals surface area contributed by atoms with Crippen molar-refractivity contribution in [3.05, 3.63) is 22.8 Å². The maximum atomic E-state index is 4.39. The van der Waals surface area contributed by atoms with E-state index in [2.05, 4.69) is 40.1 Å². The zero-order valence-corrected chi connectivity index (χ0v) is 13.0. The maximum Gasteiger partial charge on any atom is 0.125 e. The van der Waals surface area contributed by atoms with Crippen LogP contribution in [0, 0.1) is 11.3 Å². The van der Waals surface area contributed by atoms with Crippen molar-refractivity contribution in [1.29, 1.82) is 0 Å². The van der Waals surface area contributed by atoms with Gasteiger partial charge in [0.1, 0.15) is 5.82 Å². The lowest BCUT2D eigenvalue weighted by Gasteiger charge is -2.31. The zero-order chi connectivity index (χ0) is 13.0. The van der Waals surface area contributed by atoms with Gasteiger partial charge in [0.2, 0.25) is 0 Å². The molecule has 1 aliphatic rings. The second kappa shape index (κ2) is 6.05. The van der Waals surface area contributed by atoms with Gasteiger partial charge < -0.3 is 5.32 Å². The van der Waals surface area contributed by atoms with E-state index in [1.54, 1.807) is 0 Å². The first-order valence-corrected chi connectivity index (χ1v) is 7.74. The number of rotatable bonds is 5. The number of hydrogen-bond acceptors (Lipinski definition) is 2. The van der Waals surface area contributed by atoms with Crippen molar-refractivity contribution in [2.45, 2.75) is 46.0 Å². The Morgan fingerprint density at radius 1 is 1.33 bits per heavy atom. The van der Waals surface area contributed by atoms with E-state index in [0.29, 0.717) is 5.41 Å². The summed E-state index contributed by atoms with van der Waals surface area (Å²) in [6.07, 6.45) is 8.70. The van der Waals surface area contributed by atoms with Gasteiger partial charge in [-0.25, -0.2) is 4.98 Å². The quantitative estimate of drug-likeness (QED) is 0.840. The number of anilines is 1. The van der Waals surface area contributed by atoms with Gasteiger partial charge in [0, 0.05) is 17.2 Å². The Labute approximate surface area is 119 Å². The molecule has 0 bridgehead atoms. The van der Waals surface area contributed by atoms with Crippen LogP contribution in [0.1, 0.15) is 46.0 Å². The standard InChI is InChI=1S/C15H23BrN2/c1-12(2)9-15(7-3-4-8-15)11-18-14-6-5-13(16)10-17-14/h5-6,10,12H,3-4,7-9,11H2,1-2H3,(H,17,18). The highest BCUT2D eigenvalue weighted by molar-refractivity contribution is 9.10. The summed E-state index contributed by atoms with van der Waals surface area (Å²) in [5.41, 5.74) is 0.503. The number of nitrogens with zero attached hydrogens (tertiary/aromatic N) is 1. The van der Waals surface area contributed by atoms with Crippen LogP contribution in [0.2, 0.25) is 0 Å². The number of halogens is 1. The van der Waals surface area contributed by atoms with E-state index in [1.165, 1.54) is 32.1 Å². The summed E-state index contributed by atoms with van der Waals surface area (Å²) in [4.78, 5) is 4.39. The molecule has 1 heterocycles. The van der Waals surface area contributed by atoms with E-state index >= 15 is 0 Å². The van der Waals surface area contributed by atoms with Crippen LogP contribution in [0.3, 0.4) is 0 Å². The molecule has 0 unspecified atom stereocenters. The first-order valence-electron chi connectivity index (χ1n) is 6.95. The van der Waals surface area contributed by atoms with Gasteiger partial charge in [-0.15, -0.1) is 0 Å². The molecule has 0 atom stereocenters. The average molecular weight is 311 g/mol. The van der Waals surface area contributed by atoms with Crippen LogP contribution in [-0.2, 0) is 0 Å². The molecule has 1 saturated carbocycles. The molecular weight excluding hydrogens is 288 g/mol. The van der Waals surface area contributed by atoms with Gasteiger partial charge >= 0.3 is 0 Å². The van der Waals surface area contributed by atoms with Gasteiger partial charge in [-0.05, 0) is 58.7 Å². The number of nitrogens with one attached hydrogen (secondary N) is 1. The van der Waals surface area contributed by atoms with Gasteiger partial charge in [0.15, 0.2) is 0 Å². The molecule has 18 heavy (non-hydrogen) atoms. The van der Waals surface area contributed by atoms with Crippen molar-refractivity contribution in [3.63, 3.8) is 0 Å². The molecule has 0 aliphatic heterocycles. The average Bonchev–Trinajstić information content (AvgIpc) is 2.76. The smallest absolute Gasteiger partial charge is 0.125 e. The normalized spacial score (nSPS) is 18.2. The highest BCUT2D eigenvalue weighted by Crippen LogP contribution is 2.43. The molecule has 0 aromatic carbocycles. The molecule has 0 saturated heterocycles. The summed E-state index contributed by atoms with van der Waals surface area (Å²) < 4.78 is 1.03. The highest BCUT2D eigenvalue weighted by atomic mass is 79.9. The molecule has 2 rings (SSSR count). The van der Waals surface area contributed by atoms with E-state index in [0.717, 1.165) is 22.8 Å². The molecule has 2 nitrogen and oxygen atoms in total. The number of pyridine rings is 1. The van der Waals surface area contributed by atoms with Gasteiger partial charge in [0.25, 0.3) is 0 Å². The Morgan fingerprint density at radius 3 is 2.61 bits per heavy atom. The van der Waals surface area contributed by atoms with Crippen molar-refractivity contribution in [3.8, 4) is 0 Å². The molecule has 0 spiro atoms. The summed E-state index contributed by atoms with van der Waals surface area (Å²) in [6.45, 7) is 5.73. The summed E-state index contributed by atoms with van der Waals surface area (Å²) in [5.74, 6) is 1.77. The van der Waals surface area contributed by atoms with Gasteiger partial charge in [0.05, 0.1) is 0 Å². The molecule has 0 amide bonds. The molecule has 1 aliphatic carbocycles. The van der Waals surface area contributed by atoms with Crippen LogP contribution < -0.4 is 5.32 Å². The van der Waals surface area contributed by atoms with E-state index in [-0.39, 0.29) is 0 Å². The molecule has 3 heteroatoms. The summed E-state index contributed by atoms with van der Waals surface area (Å²) in [6, 6.07) is 4.08. The predicted molar refractivity (Wildman–Crippen MR) is 80.8 cm³/mol. The van der Waals surface area contributed by atoms with Gasteiger partial charge in [-0.1, -0.05) is 26.7 Å². The molecule has 1 fully saturated rings. The molecule has 1 aromatic rings. The minimum absolute atomic E-state index is 0.503. The van der Waals surface area contributed by atoms with Crippen molar-refractivity contribution < 1.29 is 0 Å². The van der Waals surface area contributed by atoms with Crippen molar-refractivity contribution in [1.82, 2.24) is 4.98 Å². The molecule has 1 aromatic heterocycles. The SMILES string of the molecule is CC(C)CC1(CNc2ccc(Br)cn2)CCCC1. The Balaban J connectivity index is 1.95. The first-order chi connectivity index (χ1) is 8.60. The van der Waals surface area contributed by atoms with E-state index < -0.39 is 0 Å². The van der Waals surface area contributed by atoms with Gasteiger partial charge in [-0.3, -0.25) is 0 Å². The molecule has 1 N–H and O–H groups in total. The minimum atomic E-state index is 0.503. The van der Waals surface area contributed by atoms with Crippen molar-refractivity contribution in [2.24, 2.45) is 11.3 Å². The summed E-state index contributed by atoms with van der Waals surface area (Å²) in [7, 11) is 0. The third kappa shape index (κ3) is 3.71. The summed E-state index contributed by atoms with van der Waals surface area (Å²) in [5, 5.41) is 3.53. The van der Waals surface area contributed by atoms with E-state index in [4.69, 9.17) is 0 Å². The van der Waals surface area contributed by atoms with Crippen molar-refractivity contribution >= 4 is 21.7 Å². The molecule has 100 valence electrons. The van der Waals surface area contributed by atoms with Crippen LogP contribution >= 0.6 is 15.9 Å². The Bertz CT molecular complexity index is 367. The lowest BCUT2D eigenvalue weighted by atomic mass is 9.78. The predicted octanol–water partition coefficient (Wildman–Crippen LogP) is 4.86. The highest BCUT2D eigenvalue weighted by Gasteiger charge is 2.34. The van der Waals surface area contributed by atoms with Crippen LogP contribution in [0.4, 0.5) is 5.82 Å². The lowest BCUT2D eigenvalue weighted by molar-refractivity contribution is 0.252. The van der Waals surface area contributed by atoms with Crippen LogP contribution in [0.5, 0.6) is 0 Å². The fraction of sp³-hybridized carbons (Fsp3) is 0.667. The monoisotopic (exact) mass is 310 g/mol. The second-order valence-corrected chi connectivity index (χ2v) is 6.94. The Hall–Kier alpha value is -0.570. The topological polar surface area (TPSA) is 24.9 Å². The molecule has 0 radical (unpaired) electrons. The Morgan fingerprint density at radius 2 is 2.06 bits per heavy atom. The fourth-order valence-electron chi connectivity index (χ4n) is 3.20. The van der Waals surface area contributed by atoms with Crippen LogP contribution in [0.25, 0.3) is 0 Å². The fourth-order valence-corrected chi connectivity index (χ4v) is 3.44. The Kier molecular flexibility index (Phi) is 4.66. The van der Waals surface area contributed by atoms with E-state index in [1.807, 2.05) is 18.3 Å². The number of aromatic nitrogens is 1. The second-order valence-electron chi connectivity index (χ2n) is 6.02. The third-order valence-electron chi connectivity index (χ3n) is 3.88. The van der Waals surface area contributed by atoms with Crippen LogP contribution in [-0.4, -0.2) is 11.5 Å². The summed E-state index contributed by atoms with van der Waals surface area (Å²) >= 11 is 3.42. The maximum absolute atomic E-state index is 4.39. The zero-order valence-electron chi connectivity index (χ0n) is 11.4. The van der Waals surface area contributed by atoms with E-state index in [9.17, 15) is 0 Å².